The van der Waals surface area contributed by atoms with Gasteiger partial charge in [0.1, 0.15) is 0 Å². The van der Waals surface area contributed by atoms with E-state index >= 15 is 0 Å². The minimum absolute atomic E-state index is 0.0597. The summed E-state index contributed by atoms with van der Waals surface area (Å²) in [7, 11) is 0. The molecule has 0 spiro atoms. The van der Waals surface area contributed by atoms with E-state index in [1.807, 2.05) is 0 Å². The van der Waals surface area contributed by atoms with Crippen molar-refractivity contribution in [2.24, 2.45) is 0 Å². The van der Waals surface area contributed by atoms with Gasteiger partial charge in [0.25, 0.3) is 0 Å². The molecule has 2 nitrogen and oxygen atoms in total. The van der Waals surface area contributed by atoms with Crippen LogP contribution in [-0.2, 0) is 0 Å². The molecule has 0 aliphatic carbocycles. The minimum atomic E-state index is -0.961. The number of benzene rings is 1. The molecule has 0 aliphatic heterocycles. The highest BCUT2D eigenvalue weighted by Gasteiger charge is 2.12. The Morgan fingerprint density at radius 3 is 2.69 bits per heavy atom. The number of halogens is 2. The monoisotopic (exact) mass is 219 g/mol. The molecule has 80 valence electrons. The van der Waals surface area contributed by atoms with Crippen LogP contribution in [0.5, 0.6) is 0 Å². The molecule has 0 saturated carbocycles. The number of pyridine rings is 1. The summed E-state index contributed by atoms with van der Waals surface area (Å²) in [5.41, 5.74) is 0.624. The Morgan fingerprint density at radius 2 is 1.94 bits per heavy atom. The van der Waals surface area contributed by atoms with E-state index in [-0.39, 0.29) is 11.1 Å². The molecule has 2 rings (SSSR count). The molecule has 0 bridgehead atoms. The Balaban J connectivity index is 2.67. The number of aldehydes is 1. The van der Waals surface area contributed by atoms with Crippen molar-refractivity contribution in [2.75, 3.05) is 0 Å². The number of hydrogen-bond donors (Lipinski definition) is 0. The third-order valence-corrected chi connectivity index (χ3v) is 2.22. The lowest BCUT2D eigenvalue weighted by molar-refractivity contribution is 0.112. The molecule has 0 amide bonds. The predicted molar refractivity (Wildman–Crippen MR) is 55.0 cm³/mol. The van der Waals surface area contributed by atoms with E-state index in [2.05, 4.69) is 4.98 Å². The van der Waals surface area contributed by atoms with Gasteiger partial charge in [-0.05, 0) is 17.7 Å². The summed E-state index contributed by atoms with van der Waals surface area (Å²) < 4.78 is 26.5. The highest BCUT2D eigenvalue weighted by Crippen LogP contribution is 2.26. The first-order chi connectivity index (χ1) is 7.74. The lowest BCUT2D eigenvalue weighted by atomic mass is 10.0. The number of carbonyl (C=O) groups is 1. The zero-order chi connectivity index (χ0) is 11.5. The Kier molecular flexibility index (Phi) is 2.72. The number of nitrogens with zero attached hydrogens (tertiary/aromatic N) is 1. The molecule has 0 unspecified atom stereocenters. The summed E-state index contributed by atoms with van der Waals surface area (Å²) in [5.74, 6) is -1.90. The molecule has 4 heteroatoms. The molecule has 1 aromatic carbocycles. The molecule has 1 heterocycles. The molecule has 0 aliphatic rings. The van der Waals surface area contributed by atoms with E-state index in [0.717, 1.165) is 6.07 Å². The SMILES string of the molecule is O=Cc1cnccc1-c1cccc(F)c1F. The normalized spacial score (nSPS) is 10.1. The molecule has 0 saturated heterocycles. The van der Waals surface area contributed by atoms with Gasteiger partial charge in [0, 0.05) is 23.5 Å². The Morgan fingerprint density at radius 1 is 1.12 bits per heavy atom. The van der Waals surface area contributed by atoms with E-state index in [1.165, 1.54) is 30.6 Å². The van der Waals surface area contributed by atoms with Gasteiger partial charge >= 0.3 is 0 Å². The summed E-state index contributed by atoms with van der Waals surface area (Å²) in [6.07, 6.45) is 3.30. The standard InChI is InChI=1S/C12H7F2NO/c13-11-3-1-2-10(12(11)14)9-4-5-15-6-8(9)7-16/h1-7H. The largest absolute Gasteiger partial charge is 0.298 e. The Labute approximate surface area is 90.6 Å². The van der Waals surface area contributed by atoms with E-state index in [4.69, 9.17) is 0 Å². The van der Waals surface area contributed by atoms with Crippen molar-refractivity contribution in [3.63, 3.8) is 0 Å². The highest BCUT2D eigenvalue weighted by atomic mass is 19.2. The minimum Gasteiger partial charge on any atom is -0.298 e. The van der Waals surface area contributed by atoms with Crippen LogP contribution in [0.2, 0.25) is 0 Å². The Hall–Kier alpha value is -2.10. The molecular weight excluding hydrogens is 212 g/mol. The van der Waals surface area contributed by atoms with E-state index in [9.17, 15) is 13.6 Å². The summed E-state index contributed by atoms with van der Waals surface area (Å²) in [6.45, 7) is 0. The number of hydrogen-bond acceptors (Lipinski definition) is 2. The van der Waals surface area contributed by atoms with Crippen LogP contribution in [0.4, 0.5) is 8.78 Å². The third-order valence-electron chi connectivity index (χ3n) is 2.22. The van der Waals surface area contributed by atoms with Gasteiger partial charge in [-0.3, -0.25) is 9.78 Å². The van der Waals surface area contributed by atoms with Crippen LogP contribution >= 0.6 is 0 Å². The number of aromatic nitrogens is 1. The quantitative estimate of drug-likeness (QED) is 0.727. The second-order valence-corrected chi connectivity index (χ2v) is 3.18. The lowest BCUT2D eigenvalue weighted by Gasteiger charge is -2.05. The van der Waals surface area contributed by atoms with E-state index < -0.39 is 11.6 Å². The first-order valence-electron chi connectivity index (χ1n) is 4.57. The van der Waals surface area contributed by atoms with Gasteiger partial charge in [-0.15, -0.1) is 0 Å². The van der Waals surface area contributed by atoms with Gasteiger partial charge in [0.05, 0.1) is 0 Å². The van der Waals surface area contributed by atoms with Gasteiger partial charge in [-0.1, -0.05) is 12.1 Å². The van der Waals surface area contributed by atoms with E-state index in [1.54, 1.807) is 0 Å². The fourth-order valence-electron chi connectivity index (χ4n) is 1.46. The van der Waals surface area contributed by atoms with Crippen molar-refractivity contribution in [1.82, 2.24) is 4.98 Å². The van der Waals surface area contributed by atoms with Gasteiger partial charge in [-0.25, -0.2) is 8.78 Å². The predicted octanol–water partition coefficient (Wildman–Crippen LogP) is 2.84. The topological polar surface area (TPSA) is 30.0 Å². The second kappa shape index (κ2) is 4.18. The van der Waals surface area contributed by atoms with Crippen molar-refractivity contribution in [2.45, 2.75) is 0 Å². The van der Waals surface area contributed by atoms with Gasteiger partial charge < -0.3 is 0 Å². The first kappa shape index (κ1) is 10.4. The lowest BCUT2D eigenvalue weighted by Crippen LogP contribution is -1.93. The Bertz CT molecular complexity index is 540. The van der Waals surface area contributed by atoms with Crippen LogP contribution in [0.1, 0.15) is 10.4 Å². The smallest absolute Gasteiger partial charge is 0.166 e. The van der Waals surface area contributed by atoms with Gasteiger partial charge in [0.15, 0.2) is 17.9 Å². The van der Waals surface area contributed by atoms with E-state index in [0.29, 0.717) is 11.8 Å². The molecular formula is C12H7F2NO. The zero-order valence-electron chi connectivity index (χ0n) is 8.15. The van der Waals surface area contributed by atoms with Crippen molar-refractivity contribution >= 4 is 6.29 Å². The number of rotatable bonds is 2. The molecule has 0 fully saturated rings. The fraction of sp³-hybridized carbons (Fsp3) is 0. The summed E-state index contributed by atoms with van der Waals surface area (Å²) >= 11 is 0. The second-order valence-electron chi connectivity index (χ2n) is 3.18. The van der Waals surface area contributed by atoms with Crippen molar-refractivity contribution in [3.8, 4) is 11.1 Å². The van der Waals surface area contributed by atoms with Gasteiger partial charge in [-0.2, -0.15) is 0 Å². The first-order valence-corrected chi connectivity index (χ1v) is 4.57. The fourth-order valence-corrected chi connectivity index (χ4v) is 1.46. The summed E-state index contributed by atoms with van der Waals surface area (Å²) in [4.78, 5) is 14.5. The van der Waals surface area contributed by atoms with Crippen LogP contribution < -0.4 is 0 Å². The van der Waals surface area contributed by atoms with Crippen LogP contribution in [0.25, 0.3) is 11.1 Å². The van der Waals surface area contributed by atoms with Crippen LogP contribution in [0.3, 0.4) is 0 Å². The average Bonchev–Trinajstić information content (AvgIpc) is 2.33. The maximum absolute atomic E-state index is 13.5. The molecule has 2 aromatic rings. The van der Waals surface area contributed by atoms with Crippen LogP contribution in [-0.4, -0.2) is 11.3 Å². The molecule has 0 N–H and O–H groups in total. The maximum atomic E-state index is 13.5. The van der Waals surface area contributed by atoms with Crippen molar-refractivity contribution in [1.29, 1.82) is 0 Å². The maximum Gasteiger partial charge on any atom is 0.166 e. The average molecular weight is 219 g/mol. The third kappa shape index (κ3) is 1.69. The molecule has 16 heavy (non-hydrogen) atoms. The summed E-state index contributed by atoms with van der Waals surface area (Å²) in [6, 6.07) is 5.31. The van der Waals surface area contributed by atoms with Crippen LogP contribution in [0.15, 0.2) is 36.7 Å². The molecule has 0 radical (unpaired) electrons. The summed E-state index contributed by atoms with van der Waals surface area (Å²) in [5, 5.41) is 0. The highest BCUT2D eigenvalue weighted by molar-refractivity contribution is 5.87. The zero-order valence-corrected chi connectivity index (χ0v) is 8.15. The molecule has 1 aromatic heterocycles. The van der Waals surface area contributed by atoms with Crippen molar-refractivity contribution < 1.29 is 13.6 Å². The number of carbonyl (C=O) groups excluding carboxylic acids is 1. The van der Waals surface area contributed by atoms with Crippen LogP contribution in [0, 0.1) is 11.6 Å². The van der Waals surface area contributed by atoms with Gasteiger partial charge in [0.2, 0.25) is 0 Å². The van der Waals surface area contributed by atoms with Crippen molar-refractivity contribution in [3.05, 3.63) is 53.9 Å². The molecule has 0 atom stereocenters.